The van der Waals surface area contributed by atoms with Crippen molar-refractivity contribution < 1.29 is 4.79 Å². The molecule has 1 heterocycles. The molecule has 2 rings (SSSR count). The predicted octanol–water partition coefficient (Wildman–Crippen LogP) is 4.05. The predicted molar refractivity (Wildman–Crippen MR) is 70.0 cm³/mol. The third-order valence-corrected chi connectivity index (χ3v) is 3.12. The van der Waals surface area contributed by atoms with Crippen molar-refractivity contribution in [2.75, 3.05) is 0 Å². The second-order valence-electron chi connectivity index (χ2n) is 3.86. The lowest BCUT2D eigenvalue weighted by Gasteiger charge is -2.06. The number of rotatable bonds is 3. The third kappa shape index (κ3) is 2.90. The fourth-order valence-electron chi connectivity index (χ4n) is 1.61. The topological polar surface area (TPSA) is 22.0 Å². The van der Waals surface area contributed by atoms with Gasteiger partial charge in [0.15, 0.2) is 5.78 Å². The summed E-state index contributed by atoms with van der Waals surface area (Å²) in [5.41, 5.74) is 1.63. The zero-order valence-corrected chi connectivity index (χ0v) is 10.8. The Balaban J connectivity index is 2.25. The second kappa shape index (κ2) is 4.94. The van der Waals surface area contributed by atoms with Crippen LogP contribution < -0.4 is 0 Å². The maximum Gasteiger partial charge on any atom is 0.161 e. The van der Waals surface area contributed by atoms with Gasteiger partial charge in [-0.2, -0.15) is 0 Å². The minimum absolute atomic E-state index is 0.0564. The molecule has 0 radical (unpaired) electrons. The summed E-state index contributed by atoms with van der Waals surface area (Å²) < 4.78 is 1.91. The second-order valence-corrected chi connectivity index (χ2v) is 4.71. The Bertz CT molecular complexity index is 560. The first kappa shape index (κ1) is 12.2. The van der Waals surface area contributed by atoms with Gasteiger partial charge in [0.25, 0.3) is 0 Å². The molecular formula is C13H11Cl2NO. The quantitative estimate of drug-likeness (QED) is 0.770. The molecule has 0 spiro atoms. The van der Waals surface area contributed by atoms with Crippen LogP contribution in [0.2, 0.25) is 10.0 Å². The molecule has 1 aromatic carbocycles. The number of nitrogens with zero attached hydrogens (tertiary/aromatic N) is 1. The summed E-state index contributed by atoms with van der Waals surface area (Å²) in [4.78, 5) is 11.2. The Hall–Kier alpha value is -1.25. The summed E-state index contributed by atoms with van der Waals surface area (Å²) in [6, 6.07) is 7.15. The summed E-state index contributed by atoms with van der Waals surface area (Å²) in [7, 11) is 0. The SMILES string of the molecule is CC(=O)c1ccn(Cc2cc(Cl)ccc2Cl)c1. The maximum absolute atomic E-state index is 11.2. The Kier molecular flexibility index (Phi) is 3.55. The smallest absolute Gasteiger partial charge is 0.161 e. The van der Waals surface area contributed by atoms with E-state index in [0.29, 0.717) is 22.2 Å². The van der Waals surface area contributed by atoms with Crippen LogP contribution in [0.15, 0.2) is 36.7 Å². The van der Waals surface area contributed by atoms with Gasteiger partial charge in [0.2, 0.25) is 0 Å². The molecule has 0 amide bonds. The molecule has 0 unspecified atom stereocenters. The van der Waals surface area contributed by atoms with E-state index in [0.717, 1.165) is 5.56 Å². The molecule has 0 aliphatic heterocycles. The zero-order chi connectivity index (χ0) is 12.4. The third-order valence-electron chi connectivity index (χ3n) is 2.52. The number of Topliss-reactive ketones (excluding diaryl/α,β-unsaturated/α-hetero) is 1. The molecule has 0 saturated carbocycles. The number of hydrogen-bond acceptors (Lipinski definition) is 1. The Labute approximate surface area is 110 Å². The molecule has 0 fully saturated rings. The molecule has 0 saturated heterocycles. The first-order valence-corrected chi connectivity index (χ1v) is 5.92. The number of ketones is 1. The lowest BCUT2D eigenvalue weighted by atomic mass is 10.2. The zero-order valence-electron chi connectivity index (χ0n) is 9.28. The summed E-state index contributed by atoms with van der Waals surface area (Å²) >= 11 is 12.0. The van der Waals surface area contributed by atoms with Gasteiger partial charge in [-0.05, 0) is 36.8 Å². The van der Waals surface area contributed by atoms with E-state index in [-0.39, 0.29) is 5.78 Å². The lowest BCUT2D eigenvalue weighted by Crippen LogP contribution is -1.98. The number of hydrogen-bond donors (Lipinski definition) is 0. The van der Waals surface area contributed by atoms with E-state index in [1.54, 1.807) is 31.3 Å². The van der Waals surface area contributed by atoms with Crippen LogP contribution in [0, 0.1) is 0 Å². The molecule has 17 heavy (non-hydrogen) atoms. The fourth-order valence-corrected chi connectivity index (χ4v) is 1.98. The van der Waals surface area contributed by atoms with E-state index in [2.05, 4.69) is 0 Å². The number of halogens is 2. The summed E-state index contributed by atoms with van der Waals surface area (Å²) in [5.74, 6) is 0.0564. The van der Waals surface area contributed by atoms with Crippen molar-refractivity contribution in [1.29, 1.82) is 0 Å². The van der Waals surface area contributed by atoms with E-state index in [1.165, 1.54) is 0 Å². The van der Waals surface area contributed by atoms with Crippen LogP contribution in [0.1, 0.15) is 22.8 Å². The summed E-state index contributed by atoms with van der Waals surface area (Å²) in [6.07, 6.45) is 3.66. The highest BCUT2D eigenvalue weighted by Crippen LogP contribution is 2.21. The standard InChI is InChI=1S/C13H11Cl2NO/c1-9(17)10-4-5-16(7-10)8-11-6-12(14)2-3-13(11)15/h2-7H,8H2,1H3. The Morgan fingerprint density at radius 1 is 1.29 bits per heavy atom. The highest BCUT2D eigenvalue weighted by Gasteiger charge is 2.05. The van der Waals surface area contributed by atoms with Crippen LogP contribution in [0.5, 0.6) is 0 Å². The van der Waals surface area contributed by atoms with Gasteiger partial charge < -0.3 is 4.57 Å². The van der Waals surface area contributed by atoms with Gasteiger partial charge in [0.05, 0.1) is 0 Å². The van der Waals surface area contributed by atoms with Crippen molar-refractivity contribution in [1.82, 2.24) is 4.57 Å². The van der Waals surface area contributed by atoms with Gasteiger partial charge in [-0.3, -0.25) is 4.79 Å². The summed E-state index contributed by atoms with van der Waals surface area (Å²) in [5, 5.41) is 1.33. The number of carbonyl (C=O) groups is 1. The molecule has 0 aliphatic carbocycles. The molecular weight excluding hydrogens is 257 g/mol. The average Bonchev–Trinajstić information content (AvgIpc) is 2.72. The molecule has 1 aromatic heterocycles. The molecule has 2 aromatic rings. The normalized spacial score (nSPS) is 10.5. The van der Waals surface area contributed by atoms with Crippen LogP contribution in [-0.4, -0.2) is 10.4 Å². The largest absolute Gasteiger partial charge is 0.349 e. The van der Waals surface area contributed by atoms with Crippen LogP contribution in [0.25, 0.3) is 0 Å². The van der Waals surface area contributed by atoms with Gasteiger partial charge in [-0.15, -0.1) is 0 Å². The van der Waals surface area contributed by atoms with Crippen molar-refractivity contribution in [3.8, 4) is 0 Å². The average molecular weight is 268 g/mol. The van der Waals surface area contributed by atoms with E-state index < -0.39 is 0 Å². The Morgan fingerprint density at radius 2 is 2.06 bits per heavy atom. The molecule has 2 nitrogen and oxygen atoms in total. The number of benzene rings is 1. The minimum atomic E-state index is 0.0564. The molecule has 88 valence electrons. The van der Waals surface area contributed by atoms with Gasteiger partial charge in [-0.1, -0.05) is 23.2 Å². The highest BCUT2D eigenvalue weighted by molar-refractivity contribution is 6.33. The molecule has 4 heteroatoms. The van der Waals surface area contributed by atoms with Crippen LogP contribution in [0.4, 0.5) is 0 Å². The van der Waals surface area contributed by atoms with Crippen molar-refractivity contribution in [3.63, 3.8) is 0 Å². The van der Waals surface area contributed by atoms with Crippen molar-refractivity contribution in [2.24, 2.45) is 0 Å². The van der Waals surface area contributed by atoms with Gasteiger partial charge in [0.1, 0.15) is 0 Å². The molecule has 0 bridgehead atoms. The first-order valence-electron chi connectivity index (χ1n) is 5.17. The molecule has 0 atom stereocenters. The maximum atomic E-state index is 11.2. The fraction of sp³-hybridized carbons (Fsp3) is 0.154. The first-order chi connectivity index (χ1) is 8.06. The van der Waals surface area contributed by atoms with Gasteiger partial charge >= 0.3 is 0 Å². The van der Waals surface area contributed by atoms with Crippen LogP contribution >= 0.6 is 23.2 Å². The van der Waals surface area contributed by atoms with E-state index in [1.807, 2.05) is 16.8 Å². The van der Waals surface area contributed by atoms with E-state index in [9.17, 15) is 4.79 Å². The van der Waals surface area contributed by atoms with E-state index >= 15 is 0 Å². The van der Waals surface area contributed by atoms with Crippen molar-refractivity contribution >= 4 is 29.0 Å². The lowest BCUT2D eigenvalue weighted by molar-refractivity contribution is 0.101. The van der Waals surface area contributed by atoms with Crippen LogP contribution in [-0.2, 0) is 6.54 Å². The van der Waals surface area contributed by atoms with Crippen molar-refractivity contribution in [2.45, 2.75) is 13.5 Å². The van der Waals surface area contributed by atoms with Crippen LogP contribution in [0.3, 0.4) is 0 Å². The summed E-state index contributed by atoms with van der Waals surface area (Å²) in [6.45, 7) is 2.15. The van der Waals surface area contributed by atoms with Gasteiger partial charge in [-0.25, -0.2) is 0 Å². The number of carbonyl (C=O) groups excluding carboxylic acids is 1. The molecule has 0 aliphatic rings. The monoisotopic (exact) mass is 267 g/mol. The highest BCUT2D eigenvalue weighted by atomic mass is 35.5. The Morgan fingerprint density at radius 3 is 2.71 bits per heavy atom. The minimum Gasteiger partial charge on any atom is -0.349 e. The van der Waals surface area contributed by atoms with Crippen molar-refractivity contribution in [3.05, 3.63) is 57.8 Å². The van der Waals surface area contributed by atoms with Gasteiger partial charge in [0, 0.05) is 34.5 Å². The molecule has 0 N–H and O–H groups in total. The number of aromatic nitrogens is 1. The van der Waals surface area contributed by atoms with E-state index in [4.69, 9.17) is 23.2 Å².